The summed E-state index contributed by atoms with van der Waals surface area (Å²) in [6, 6.07) is 19.2. The first-order chi connectivity index (χ1) is 10.8. The first-order valence-electron chi connectivity index (χ1n) is 7.84. The number of rotatable bonds is 6. The van der Waals surface area contributed by atoms with Crippen molar-refractivity contribution in [3.63, 3.8) is 0 Å². The van der Waals surface area contributed by atoms with E-state index >= 15 is 0 Å². The van der Waals surface area contributed by atoms with Gasteiger partial charge in [-0.2, -0.15) is 0 Å². The third-order valence-corrected chi connectivity index (χ3v) is 3.91. The van der Waals surface area contributed by atoms with E-state index in [1.807, 2.05) is 6.07 Å². The fourth-order valence-electron chi connectivity index (χ4n) is 2.66. The highest BCUT2D eigenvalue weighted by atomic mass is 14.9. The van der Waals surface area contributed by atoms with Gasteiger partial charge in [0, 0.05) is 23.1 Å². The van der Waals surface area contributed by atoms with Gasteiger partial charge in [-0.3, -0.25) is 0 Å². The van der Waals surface area contributed by atoms with Crippen LogP contribution in [0.15, 0.2) is 66.9 Å². The second-order valence-electron chi connectivity index (χ2n) is 5.62. The zero-order valence-corrected chi connectivity index (χ0v) is 12.9. The lowest BCUT2D eigenvalue weighted by Gasteiger charge is -2.09. The minimum absolute atomic E-state index is 0.366. The van der Waals surface area contributed by atoms with Gasteiger partial charge in [0.1, 0.15) is 0 Å². The lowest BCUT2D eigenvalue weighted by atomic mass is 10.1. The maximum atomic E-state index is 3.56. The third-order valence-electron chi connectivity index (χ3n) is 3.91. The summed E-state index contributed by atoms with van der Waals surface area (Å²) in [5.41, 5.74) is 3.84. The van der Waals surface area contributed by atoms with Crippen molar-refractivity contribution in [2.45, 2.75) is 19.4 Å². The van der Waals surface area contributed by atoms with Crippen LogP contribution in [-0.2, 0) is 6.42 Å². The molecule has 0 aliphatic heterocycles. The van der Waals surface area contributed by atoms with E-state index in [1.54, 1.807) is 0 Å². The molecule has 3 rings (SSSR count). The molecule has 0 fully saturated rings. The van der Waals surface area contributed by atoms with Crippen molar-refractivity contribution < 1.29 is 0 Å². The summed E-state index contributed by atoms with van der Waals surface area (Å²) >= 11 is 0. The molecule has 0 aliphatic carbocycles. The van der Waals surface area contributed by atoms with Crippen LogP contribution in [0.5, 0.6) is 0 Å². The van der Waals surface area contributed by atoms with E-state index in [0.29, 0.717) is 6.04 Å². The first kappa shape index (κ1) is 14.6. The predicted molar refractivity (Wildman–Crippen MR) is 94.9 cm³/mol. The molecular weight excluding hydrogens is 268 g/mol. The Morgan fingerprint density at radius 3 is 2.68 bits per heavy atom. The van der Waals surface area contributed by atoms with Crippen LogP contribution in [0.1, 0.15) is 18.1 Å². The molecule has 0 amide bonds. The topological polar surface area (TPSA) is 27.8 Å². The summed E-state index contributed by atoms with van der Waals surface area (Å²) in [7, 11) is 0. The standard InChI is InChI=1S/C20H22N2/c1-16(11-12-17-7-3-2-4-8-17)21-14-13-18-15-22-20-10-6-5-9-19(18)20/h2-12,15-16,21-22H,13-14H2,1H3/b12-11+/t16-/m0/s1. The Morgan fingerprint density at radius 2 is 1.82 bits per heavy atom. The van der Waals surface area contributed by atoms with Crippen LogP contribution < -0.4 is 5.32 Å². The smallest absolute Gasteiger partial charge is 0.0456 e. The van der Waals surface area contributed by atoms with Crippen LogP contribution in [0.3, 0.4) is 0 Å². The quantitative estimate of drug-likeness (QED) is 0.692. The van der Waals surface area contributed by atoms with Crippen molar-refractivity contribution in [1.82, 2.24) is 10.3 Å². The Labute approximate surface area is 131 Å². The first-order valence-corrected chi connectivity index (χ1v) is 7.84. The van der Waals surface area contributed by atoms with E-state index in [9.17, 15) is 0 Å². The molecule has 0 radical (unpaired) electrons. The van der Waals surface area contributed by atoms with Gasteiger partial charge >= 0.3 is 0 Å². The summed E-state index contributed by atoms with van der Waals surface area (Å²) in [5, 5.41) is 4.89. The lowest BCUT2D eigenvalue weighted by Crippen LogP contribution is -2.26. The molecule has 112 valence electrons. The minimum atomic E-state index is 0.366. The van der Waals surface area contributed by atoms with E-state index in [1.165, 1.54) is 22.0 Å². The average molecular weight is 290 g/mol. The number of para-hydroxylation sites is 1. The fraction of sp³-hybridized carbons (Fsp3) is 0.200. The number of nitrogens with one attached hydrogen (secondary N) is 2. The SMILES string of the molecule is C[C@@H](/C=C/c1ccccc1)NCCc1c[nH]c2ccccc12. The number of aromatic amines is 1. The maximum Gasteiger partial charge on any atom is 0.0456 e. The molecule has 0 unspecified atom stereocenters. The number of benzene rings is 2. The second kappa shape index (κ2) is 7.10. The van der Waals surface area contributed by atoms with Gasteiger partial charge in [0.2, 0.25) is 0 Å². The molecule has 2 nitrogen and oxygen atoms in total. The number of fused-ring (bicyclic) bond motifs is 1. The Balaban J connectivity index is 1.51. The molecule has 22 heavy (non-hydrogen) atoms. The van der Waals surface area contributed by atoms with Crippen molar-refractivity contribution in [1.29, 1.82) is 0 Å². The number of aromatic nitrogens is 1. The van der Waals surface area contributed by atoms with Gasteiger partial charge in [-0.25, -0.2) is 0 Å². The molecule has 1 atom stereocenters. The Bertz CT molecular complexity index is 741. The maximum absolute atomic E-state index is 3.56. The Kier molecular flexibility index (Phi) is 4.71. The molecule has 0 saturated carbocycles. The molecule has 2 aromatic carbocycles. The zero-order chi connectivity index (χ0) is 15.2. The Hall–Kier alpha value is -2.32. The van der Waals surface area contributed by atoms with E-state index in [4.69, 9.17) is 0 Å². The van der Waals surface area contributed by atoms with Gasteiger partial charge in [0.15, 0.2) is 0 Å². The van der Waals surface area contributed by atoms with Crippen LogP contribution in [-0.4, -0.2) is 17.6 Å². The number of hydrogen-bond acceptors (Lipinski definition) is 1. The second-order valence-corrected chi connectivity index (χ2v) is 5.62. The van der Waals surface area contributed by atoms with Crippen molar-refractivity contribution in [2.75, 3.05) is 6.54 Å². The summed E-state index contributed by atoms with van der Waals surface area (Å²) in [6.07, 6.45) is 7.54. The highest BCUT2D eigenvalue weighted by molar-refractivity contribution is 5.83. The van der Waals surface area contributed by atoms with Crippen LogP contribution in [0.2, 0.25) is 0 Å². The molecule has 0 saturated heterocycles. The molecule has 2 heteroatoms. The van der Waals surface area contributed by atoms with Gasteiger partial charge in [0.05, 0.1) is 0 Å². The van der Waals surface area contributed by atoms with E-state index in [2.05, 4.69) is 84.1 Å². The van der Waals surface area contributed by atoms with Crippen LogP contribution in [0.25, 0.3) is 17.0 Å². The molecule has 1 aromatic heterocycles. The van der Waals surface area contributed by atoms with Gasteiger partial charge < -0.3 is 10.3 Å². The van der Waals surface area contributed by atoms with E-state index in [-0.39, 0.29) is 0 Å². The molecule has 0 spiro atoms. The summed E-state index contributed by atoms with van der Waals surface area (Å²) in [4.78, 5) is 3.33. The predicted octanol–water partition coefficient (Wildman–Crippen LogP) is 4.40. The van der Waals surface area contributed by atoms with Crippen LogP contribution in [0.4, 0.5) is 0 Å². The van der Waals surface area contributed by atoms with Crippen molar-refractivity contribution in [3.8, 4) is 0 Å². The normalized spacial score (nSPS) is 13.0. The minimum Gasteiger partial charge on any atom is -0.361 e. The van der Waals surface area contributed by atoms with Gasteiger partial charge in [-0.05, 0) is 37.1 Å². The van der Waals surface area contributed by atoms with Crippen LogP contribution >= 0.6 is 0 Å². The number of hydrogen-bond donors (Lipinski definition) is 2. The lowest BCUT2D eigenvalue weighted by molar-refractivity contribution is 0.635. The monoisotopic (exact) mass is 290 g/mol. The van der Waals surface area contributed by atoms with E-state index < -0.39 is 0 Å². The molecular formula is C20H22N2. The molecule has 3 aromatic rings. The molecule has 1 heterocycles. The summed E-state index contributed by atoms with van der Waals surface area (Å²) < 4.78 is 0. The Morgan fingerprint density at radius 1 is 1.05 bits per heavy atom. The van der Waals surface area contributed by atoms with Gasteiger partial charge in [0.25, 0.3) is 0 Å². The van der Waals surface area contributed by atoms with Crippen LogP contribution in [0, 0.1) is 0 Å². The molecule has 0 aliphatic rings. The fourth-order valence-corrected chi connectivity index (χ4v) is 2.66. The van der Waals surface area contributed by atoms with Crippen molar-refractivity contribution >= 4 is 17.0 Å². The largest absolute Gasteiger partial charge is 0.361 e. The summed E-state index contributed by atoms with van der Waals surface area (Å²) in [5.74, 6) is 0. The third kappa shape index (κ3) is 3.66. The summed E-state index contributed by atoms with van der Waals surface area (Å²) in [6.45, 7) is 3.16. The van der Waals surface area contributed by atoms with Gasteiger partial charge in [-0.1, -0.05) is 60.7 Å². The zero-order valence-electron chi connectivity index (χ0n) is 12.9. The number of H-pyrrole nitrogens is 1. The van der Waals surface area contributed by atoms with Gasteiger partial charge in [-0.15, -0.1) is 0 Å². The van der Waals surface area contributed by atoms with Crippen molar-refractivity contribution in [3.05, 3.63) is 78.0 Å². The average Bonchev–Trinajstić information content (AvgIpc) is 2.97. The highest BCUT2D eigenvalue weighted by Crippen LogP contribution is 2.17. The molecule has 0 bridgehead atoms. The van der Waals surface area contributed by atoms with E-state index in [0.717, 1.165) is 13.0 Å². The van der Waals surface area contributed by atoms with Crippen molar-refractivity contribution in [2.24, 2.45) is 0 Å². The molecule has 2 N–H and O–H groups in total. The highest BCUT2D eigenvalue weighted by Gasteiger charge is 2.03.